The number of hydrogen-bond acceptors (Lipinski definition) is 4. The molecule has 1 aliphatic rings. The Morgan fingerprint density at radius 3 is 3.00 bits per heavy atom. The highest BCUT2D eigenvalue weighted by Gasteiger charge is 2.31. The first-order chi connectivity index (χ1) is 8.50. The summed E-state index contributed by atoms with van der Waals surface area (Å²) >= 11 is 0. The van der Waals surface area contributed by atoms with Gasteiger partial charge in [0, 0.05) is 26.1 Å². The van der Waals surface area contributed by atoms with Crippen LogP contribution in [0.3, 0.4) is 0 Å². The average molecular weight is 272 g/mol. The van der Waals surface area contributed by atoms with Crippen LogP contribution >= 0.6 is 0 Å². The Bertz CT molecular complexity index is 511. The number of aromatic nitrogens is 2. The zero-order chi connectivity index (χ0) is 13.2. The molecule has 1 fully saturated rings. The minimum Gasteiger partial charge on any atom is -0.352 e. The zero-order valence-corrected chi connectivity index (χ0v) is 10.9. The molecule has 1 aromatic rings. The Morgan fingerprint density at radius 1 is 1.61 bits per heavy atom. The lowest BCUT2D eigenvalue weighted by molar-refractivity contribution is -0.119. The van der Waals surface area contributed by atoms with E-state index in [1.165, 1.54) is 23.5 Å². The molecule has 8 heteroatoms. The number of carbonyl (C=O) groups excluding carboxylic acids is 1. The van der Waals surface area contributed by atoms with Gasteiger partial charge in [-0.05, 0) is 18.9 Å². The van der Waals surface area contributed by atoms with Gasteiger partial charge in [0.05, 0.1) is 6.20 Å². The Labute approximate surface area is 106 Å². The van der Waals surface area contributed by atoms with E-state index in [4.69, 9.17) is 0 Å². The molecular weight excluding hydrogens is 256 g/mol. The Kier molecular flexibility index (Phi) is 3.67. The van der Waals surface area contributed by atoms with Crippen molar-refractivity contribution >= 4 is 15.9 Å². The maximum atomic E-state index is 12.2. The molecule has 0 spiro atoms. The summed E-state index contributed by atoms with van der Waals surface area (Å²) in [7, 11) is -3.52. The number of sulfonamides is 1. The second kappa shape index (κ2) is 5.07. The number of aromatic amines is 1. The summed E-state index contributed by atoms with van der Waals surface area (Å²) in [5.74, 6) is -0.138. The van der Waals surface area contributed by atoms with Crippen molar-refractivity contribution in [3.8, 4) is 0 Å². The maximum absolute atomic E-state index is 12.2. The van der Waals surface area contributed by atoms with Crippen molar-refractivity contribution < 1.29 is 13.2 Å². The first-order valence-corrected chi connectivity index (χ1v) is 7.21. The molecule has 1 saturated heterocycles. The summed E-state index contributed by atoms with van der Waals surface area (Å²) in [6, 6.07) is 1.31. The standard InChI is InChI=1S/C10H16N4O3S/c1-8(15)12-9-3-2-6-14(7-9)18(16,17)10-4-5-11-13-10/h4-5,9H,2-3,6-7H2,1H3,(H,11,13)(H,12,15). The lowest BCUT2D eigenvalue weighted by atomic mass is 10.1. The second-order valence-corrected chi connectivity index (χ2v) is 6.23. The zero-order valence-electron chi connectivity index (χ0n) is 10.1. The summed E-state index contributed by atoms with van der Waals surface area (Å²) in [6.45, 7) is 2.21. The van der Waals surface area contributed by atoms with Gasteiger partial charge in [-0.25, -0.2) is 8.42 Å². The molecule has 100 valence electrons. The fourth-order valence-corrected chi connectivity index (χ4v) is 3.52. The van der Waals surface area contributed by atoms with Crippen LogP contribution in [0.15, 0.2) is 17.3 Å². The van der Waals surface area contributed by atoms with Gasteiger partial charge in [-0.1, -0.05) is 0 Å². The van der Waals surface area contributed by atoms with E-state index in [2.05, 4.69) is 15.5 Å². The van der Waals surface area contributed by atoms with Crippen molar-refractivity contribution in [3.63, 3.8) is 0 Å². The Balaban J connectivity index is 2.11. The molecule has 18 heavy (non-hydrogen) atoms. The quantitative estimate of drug-likeness (QED) is 0.789. The van der Waals surface area contributed by atoms with Crippen LogP contribution in [0.5, 0.6) is 0 Å². The van der Waals surface area contributed by atoms with Crippen molar-refractivity contribution in [2.24, 2.45) is 0 Å². The van der Waals surface area contributed by atoms with Gasteiger partial charge in [-0.15, -0.1) is 0 Å². The van der Waals surface area contributed by atoms with Crippen molar-refractivity contribution in [2.75, 3.05) is 13.1 Å². The van der Waals surface area contributed by atoms with Gasteiger partial charge in [-0.3, -0.25) is 9.89 Å². The van der Waals surface area contributed by atoms with Gasteiger partial charge in [0.15, 0.2) is 5.03 Å². The Hall–Kier alpha value is -1.41. The number of nitrogens with one attached hydrogen (secondary N) is 2. The van der Waals surface area contributed by atoms with Crippen LogP contribution in [-0.2, 0) is 14.8 Å². The molecule has 1 amide bonds. The molecule has 1 atom stereocenters. The van der Waals surface area contributed by atoms with E-state index in [1.807, 2.05) is 0 Å². The topological polar surface area (TPSA) is 95.2 Å². The van der Waals surface area contributed by atoms with E-state index >= 15 is 0 Å². The van der Waals surface area contributed by atoms with E-state index in [9.17, 15) is 13.2 Å². The number of piperidine rings is 1. The molecule has 0 aliphatic carbocycles. The van der Waals surface area contributed by atoms with Gasteiger partial charge in [-0.2, -0.15) is 9.40 Å². The van der Waals surface area contributed by atoms with E-state index in [0.717, 1.165) is 12.8 Å². The number of amides is 1. The third kappa shape index (κ3) is 2.70. The first kappa shape index (κ1) is 13.0. The summed E-state index contributed by atoms with van der Waals surface area (Å²) in [5, 5.41) is 8.96. The van der Waals surface area contributed by atoms with Crippen LogP contribution in [-0.4, -0.2) is 48.0 Å². The van der Waals surface area contributed by atoms with Crippen LogP contribution in [0, 0.1) is 0 Å². The molecule has 7 nitrogen and oxygen atoms in total. The minimum absolute atomic E-state index is 0.0889. The van der Waals surface area contributed by atoms with E-state index in [0.29, 0.717) is 13.1 Å². The molecular formula is C10H16N4O3S. The molecule has 2 N–H and O–H groups in total. The molecule has 2 heterocycles. The number of rotatable bonds is 3. The maximum Gasteiger partial charge on any atom is 0.260 e. The van der Waals surface area contributed by atoms with E-state index < -0.39 is 10.0 Å². The summed E-state index contributed by atoms with van der Waals surface area (Å²) in [5.41, 5.74) is 0. The SMILES string of the molecule is CC(=O)NC1CCCN(S(=O)(=O)c2ccn[nH]2)C1. The van der Waals surface area contributed by atoms with E-state index in [1.54, 1.807) is 0 Å². The lowest BCUT2D eigenvalue weighted by Gasteiger charge is -2.31. The molecule has 0 bridgehead atoms. The van der Waals surface area contributed by atoms with Crippen molar-refractivity contribution in [1.29, 1.82) is 0 Å². The van der Waals surface area contributed by atoms with Gasteiger partial charge >= 0.3 is 0 Å². The molecule has 0 aromatic carbocycles. The number of hydrogen-bond donors (Lipinski definition) is 2. The lowest BCUT2D eigenvalue weighted by Crippen LogP contribution is -2.49. The highest BCUT2D eigenvalue weighted by molar-refractivity contribution is 7.89. The summed E-state index contributed by atoms with van der Waals surface area (Å²) < 4.78 is 25.8. The van der Waals surface area contributed by atoms with Gasteiger partial charge < -0.3 is 5.32 Å². The second-order valence-electron chi connectivity index (χ2n) is 4.32. The predicted molar refractivity (Wildman–Crippen MR) is 64.2 cm³/mol. The molecule has 0 saturated carbocycles. The summed E-state index contributed by atoms with van der Waals surface area (Å²) in [4.78, 5) is 11.0. The normalized spacial score (nSPS) is 21.7. The molecule has 1 unspecified atom stereocenters. The first-order valence-electron chi connectivity index (χ1n) is 5.77. The van der Waals surface area contributed by atoms with Crippen LogP contribution < -0.4 is 5.32 Å². The van der Waals surface area contributed by atoms with Crippen LogP contribution in [0.25, 0.3) is 0 Å². The van der Waals surface area contributed by atoms with Gasteiger partial charge in [0.25, 0.3) is 10.0 Å². The summed E-state index contributed by atoms with van der Waals surface area (Å²) in [6.07, 6.45) is 2.94. The third-order valence-electron chi connectivity index (χ3n) is 2.88. The molecule has 1 aromatic heterocycles. The Morgan fingerprint density at radius 2 is 2.39 bits per heavy atom. The van der Waals surface area contributed by atoms with Crippen LogP contribution in [0.2, 0.25) is 0 Å². The largest absolute Gasteiger partial charge is 0.352 e. The number of carbonyl (C=O) groups is 1. The van der Waals surface area contributed by atoms with Gasteiger partial charge in [0.2, 0.25) is 5.91 Å². The molecule has 1 aliphatic heterocycles. The average Bonchev–Trinajstić information content (AvgIpc) is 2.82. The fourth-order valence-electron chi connectivity index (χ4n) is 2.09. The third-order valence-corrected chi connectivity index (χ3v) is 4.68. The highest BCUT2D eigenvalue weighted by Crippen LogP contribution is 2.18. The van der Waals surface area contributed by atoms with Crippen LogP contribution in [0.1, 0.15) is 19.8 Å². The monoisotopic (exact) mass is 272 g/mol. The smallest absolute Gasteiger partial charge is 0.260 e. The van der Waals surface area contributed by atoms with Crippen molar-refractivity contribution in [1.82, 2.24) is 19.8 Å². The van der Waals surface area contributed by atoms with Gasteiger partial charge in [0.1, 0.15) is 0 Å². The van der Waals surface area contributed by atoms with E-state index in [-0.39, 0.29) is 17.0 Å². The molecule has 2 rings (SSSR count). The van der Waals surface area contributed by atoms with Crippen LogP contribution in [0.4, 0.5) is 0 Å². The number of nitrogens with zero attached hydrogens (tertiary/aromatic N) is 2. The fraction of sp³-hybridized carbons (Fsp3) is 0.600. The van der Waals surface area contributed by atoms with Crippen molar-refractivity contribution in [2.45, 2.75) is 30.8 Å². The van der Waals surface area contributed by atoms with Crippen molar-refractivity contribution in [3.05, 3.63) is 12.3 Å². The molecule has 0 radical (unpaired) electrons. The predicted octanol–water partition coefficient (Wildman–Crippen LogP) is -0.301. The highest BCUT2D eigenvalue weighted by atomic mass is 32.2. The number of H-pyrrole nitrogens is 1. The minimum atomic E-state index is -3.52.